The zero-order chi connectivity index (χ0) is 18.0. The maximum atomic E-state index is 12.7. The van der Waals surface area contributed by atoms with Crippen LogP contribution in [-0.4, -0.2) is 8.42 Å². The molecule has 0 radical (unpaired) electrons. The Morgan fingerprint density at radius 3 is 2.46 bits per heavy atom. The van der Waals surface area contributed by atoms with E-state index in [-0.39, 0.29) is 5.69 Å². The summed E-state index contributed by atoms with van der Waals surface area (Å²) in [5.74, 6) is 0. The van der Waals surface area contributed by atoms with Gasteiger partial charge in [-0.2, -0.15) is 18.4 Å². The van der Waals surface area contributed by atoms with Gasteiger partial charge in [0.05, 0.1) is 16.1 Å². The van der Waals surface area contributed by atoms with Gasteiger partial charge in [-0.3, -0.25) is 4.72 Å². The van der Waals surface area contributed by atoms with E-state index in [4.69, 9.17) is 5.26 Å². The molecule has 2 aromatic carbocycles. The number of sulfonamides is 1. The number of rotatable bonds is 4. The fourth-order valence-electron chi connectivity index (χ4n) is 1.91. The van der Waals surface area contributed by atoms with E-state index in [2.05, 4.69) is 4.72 Å². The summed E-state index contributed by atoms with van der Waals surface area (Å²) in [5.41, 5.74) is -0.261. The molecule has 0 aromatic heterocycles. The minimum Gasteiger partial charge on any atom is -0.279 e. The summed E-state index contributed by atoms with van der Waals surface area (Å²) in [6, 6.07) is 8.13. The van der Waals surface area contributed by atoms with Crippen molar-refractivity contribution in [3.8, 4) is 5.40 Å². The Morgan fingerprint density at radius 1 is 1.17 bits per heavy atom. The summed E-state index contributed by atoms with van der Waals surface area (Å²) in [7, 11) is -4.17. The molecule has 0 saturated carbocycles. The molecule has 2 aromatic rings. The summed E-state index contributed by atoms with van der Waals surface area (Å²) in [5, 5.41) is 10.5. The van der Waals surface area contributed by atoms with Gasteiger partial charge in [0.1, 0.15) is 5.40 Å². The van der Waals surface area contributed by atoms with Crippen LogP contribution in [0.15, 0.2) is 52.3 Å². The van der Waals surface area contributed by atoms with Crippen molar-refractivity contribution in [3.05, 3.63) is 53.6 Å². The number of thioether (sulfide) groups is 1. The molecule has 0 atom stereocenters. The lowest BCUT2D eigenvalue weighted by Gasteiger charge is -2.13. The number of hydrogen-bond donors (Lipinski definition) is 1. The summed E-state index contributed by atoms with van der Waals surface area (Å²) in [4.78, 5) is 0.157. The highest BCUT2D eigenvalue weighted by Gasteiger charge is 2.31. The third kappa shape index (κ3) is 4.21. The number of nitrogens with one attached hydrogen (secondary N) is 1. The van der Waals surface area contributed by atoms with Crippen LogP contribution in [0.2, 0.25) is 0 Å². The molecule has 0 aliphatic heterocycles. The monoisotopic (exact) mass is 372 g/mol. The van der Waals surface area contributed by atoms with Crippen molar-refractivity contribution in [2.75, 3.05) is 4.72 Å². The van der Waals surface area contributed by atoms with Gasteiger partial charge in [-0.15, -0.1) is 0 Å². The molecular weight excluding hydrogens is 361 g/mol. The maximum Gasteiger partial charge on any atom is 0.416 e. The molecule has 1 N–H and O–H groups in total. The van der Waals surface area contributed by atoms with Gasteiger partial charge in [0.2, 0.25) is 0 Å². The van der Waals surface area contributed by atoms with E-state index in [9.17, 15) is 21.6 Å². The molecule has 4 nitrogen and oxygen atoms in total. The lowest BCUT2D eigenvalue weighted by molar-refractivity contribution is -0.137. The van der Waals surface area contributed by atoms with Gasteiger partial charge < -0.3 is 0 Å². The smallest absolute Gasteiger partial charge is 0.279 e. The molecule has 0 fully saturated rings. The first-order chi connectivity index (χ1) is 11.1. The molecule has 0 amide bonds. The third-order valence-electron chi connectivity index (χ3n) is 3.08. The van der Waals surface area contributed by atoms with Crippen molar-refractivity contribution in [2.45, 2.75) is 22.9 Å². The summed E-state index contributed by atoms with van der Waals surface area (Å²) >= 11 is 0.921. The second-order valence-electron chi connectivity index (χ2n) is 4.80. The van der Waals surface area contributed by atoms with Crippen molar-refractivity contribution in [3.63, 3.8) is 0 Å². The largest absolute Gasteiger partial charge is 0.416 e. The average Bonchev–Trinajstić information content (AvgIpc) is 2.49. The average molecular weight is 372 g/mol. The van der Waals surface area contributed by atoms with Gasteiger partial charge in [0.25, 0.3) is 10.0 Å². The van der Waals surface area contributed by atoms with E-state index in [1.54, 1.807) is 19.1 Å². The lowest BCUT2D eigenvalue weighted by Crippen LogP contribution is -2.15. The van der Waals surface area contributed by atoms with Crippen molar-refractivity contribution < 1.29 is 21.6 Å². The molecule has 0 heterocycles. The van der Waals surface area contributed by atoms with Crippen LogP contribution in [0.4, 0.5) is 18.9 Å². The van der Waals surface area contributed by atoms with E-state index < -0.39 is 26.7 Å². The molecular formula is C15H11F3N2O2S2. The second-order valence-corrected chi connectivity index (χ2v) is 7.34. The highest BCUT2D eigenvalue weighted by molar-refractivity contribution is 8.03. The Labute approximate surface area is 141 Å². The fourth-order valence-corrected chi connectivity index (χ4v) is 3.56. The van der Waals surface area contributed by atoms with Crippen molar-refractivity contribution in [1.29, 1.82) is 5.26 Å². The molecule has 126 valence electrons. The van der Waals surface area contributed by atoms with Gasteiger partial charge in [0, 0.05) is 4.90 Å². The number of benzene rings is 2. The Bertz CT molecular complexity index is 904. The first kappa shape index (κ1) is 18.2. The van der Waals surface area contributed by atoms with E-state index in [0.717, 1.165) is 30.0 Å². The first-order valence-corrected chi connectivity index (χ1v) is 8.80. The van der Waals surface area contributed by atoms with Crippen LogP contribution in [-0.2, 0) is 16.2 Å². The van der Waals surface area contributed by atoms with E-state index in [0.29, 0.717) is 16.5 Å². The molecule has 0 bridgehead atoms. The predicted octanol–water partition coefficient (Wildman–Crippen LogP) is 4.39. The van der Waals surface area contributed by atoms with Gasteiger partial charge >= 0.3 is 6.18 Å². The minimum atomic E-state index is -4.63. The Hall–Kier alpha value is -2.18. The molecule has 0 spiro atoms. The van der Waals surface area contributed by atoms with Crippen LogP contribution in [0.3, 0.4) is 0 Å². The molecule has 2 rings (SSSR count). The standard InChI is InChI=1S/C15H11F3N2O2S2/c1-10-7-12(23-9-19)5-6-14(10)20-24(21,22)13-4-2-3-11(8-13)15(16,17)18/h2-8,20H,1H3. The molecule has 9 heteroatoms. The minimum absolute atomic E-state index is 0.231. The number of nitrogens with zero attached hydrogens (tertiary/aromatic N) is 1. The molecule has 0 aliphatic rings. The molecule has 0 aliphatic carbocycles. The topological polar surface area (TPSA) is 70.0 Å². The van der Waals surface area contributed by atoms with Gasteiger partial charge in [-0.05, 0) is 60.6 Å². The SMILES string of the molecule is Cc1cc(SC#N)ccc1NS(=O)(=O)c1cccc(C(F)(F)F)c1. The molecule has 0 saturated heterocycles. The van der Waals surface area contributed by atoms with Crippen LogP contribution >= 0.6 is 11.8 Å². The Morgan fingerprint density at radius 2 is 1.88 bits per heavy atom. The van der Waals surface area contributed by atoms with Crippen molar-refractivity contribution in [1.82, 2.24) is 0 Å². The van der Waals surface area contributed by atoms with E-state index in [1.165, 1.54) is 6.07 Å². The highest BCUT2D eigenvalue weighted by Crippen LogP contribution is 2.31. The predicted molar refractivity (Wildman–Crippen MR) is 84.9 cm³/mol. The fraction of sp³-hybridized carbons (Fsp3) is 0.133. The quantitative estimate of drug-likeness (QED) is 0.638. The highest BCUT2D eigenvalue weighted by atomic mass is 32.2. The number of halogens is 3. The molecule has 0 unspecified atom stereocenters. The number of hydrogen-bond acceptors (Lipinski definition) is 4. The number of nitriles is 1. The summed E-state index contributed by atoms with van der Waals surface area (Å²) in [6.45, 7) is 1.63. The number of thiocyanates is 1. The van der Waals surface area contributed by atoms with E-state index in [1.807, 2.05) is 5.40 Å². The van der Waals surface area contributed by atoms with E-state index >= 15 is 0 Å². The number of anilines is 1. The number of alkyl halides is 3. The number of aryl methyl sites for hydroxylation is 1. The second kappa shape index (κ2) is 6.75. The van der Waals surface area contributed by atoms with Gasteiger partial charge in [0.15, 0.2) is 0 Å². The maximum absolute atomic E-state index is 12.7. The van der Waals surface area contributed by atoms with Crippen LogP contribution in [0, 0.1) is 17.6 Å². The van der Waals surface area contributed by atoms with Gasteiger partial charge in [-0.1, -0.05) is 6.07 Å². The third-order valence-corrected chi connectivity index (χ3v) is 5.02. The Balaban J connectivity index is 2.34. The van der Waals surface area contributed by atoms with Crippen LogP contribution in [0.25, 0.3) is 0 Å². The van der Waals surface area contributed by atoms with Crippen molar-refractivity contribution in [2.24, 2.45) is 0 Å². The van der Waals surface area contributed by atoms with Crippen molar-refractivity contribution >= 4 is 27.5 Å². The van der Waals surface area contributed by atoms with Crippen LogP contribution in [0.1, 0.15) is 11.1 Å². The van der Waals surface area contributed by atoms with Crippen LogP contribution < -0.4 is 4.72 Å². The van der Waals surface area contributed by atoms with Gasteiger partial charge in [-0.25, -0.2) is 8.42 Å². The van der Waals surface area contributed by atoms with Crippen LogP contribution in [0.5, 0.6) is 0 Å². The molecule has 24 heavy (non-hydrogen) atoms. The zero-order valence-electron chi connectivity index (χ0n) is 12.3. The first-order valence-electron chi connectivity index (χ1n) is 6.50. The zero-order valence-corrected chi connectivity index (χ0v) is 13.9. The summed E-state index contributed by atoms with van der Waals surface area (Å²) in [6.07, 6.45) is -4.63. The summed E-state index contributed by atoms with van der Waals surface area (Å²) < 4.78 is 65.0. The lowest BCUT2D eigenvalue weighted by atomic mass is 10.2. The normalized spacial score (nSPS) is 11.8. The Kier molecular flexibility index (Phi) is 5.11.